The van der Waals surface area contributed by atoms with Crippen LogP contribution >= 0.6 is 0 Å². The fourth-order valence-corrected chi connectivity index (χ4v) is 3.75. The van der Waals surface area contributed by atoms with Crippen molar-refractivity contribution < 1.29 is 9.90 Å². The second-order valence-corrected chi connectivity index (χ2v) is 7.07. The number of hydrogen-bond donors (Lipinski definition) is 1. The Morgan fingerprint density at radius 3 is 2.84 bits per heavy atom. The molecule has 0 bridgehead atoms. The van der Waals surface area contributed by atoms with E-state index in [-0.39, 0.29) is 30.4 Å². The Balaban J connectivity index is 1.85. The Kier molecular flexibility index (Phi) is 5.97. The molecule has 0 radical (unpaired) electrons. The zero-order valence-electron chi connectivity index (χ0n) is 14.8. The number of nitrogens with zero attached hydrogens (tertiary/aromatic N) is 3. The predicted molar refractivity (Wildman–Crippen MR) is 101 cm³/mol. The highest BCUT2D eigenvalue weighted by Crippen LogP contribution is 2.29. The second-order valence-electron chi connectivity index (χ2n) is 7.07. The lowest BCUT2D eigenvalue weighted by atomic mass is 9.89. The first-order valence-electron chi connectivity index (χ1n) is 9.19. The molecule has 1 amide bonds. The molecule has 0 aliphatic carbocycles. The van der Waals surface area contributed by atoms with Gasteiger partial charge in [0, 0.05) is 56.2 Å². The van der Waals surface area contributed by atoms with Gasteiger partial charge >= 0.3 is 0 Å². The Morgan fingerprint density at radius 2 is 2.00 bits per heavy atom. The molecule has 3 atom stereocenters. The smallest absolute Gasteiger partial charge is 0.254 e. The molecule has 2 aliphatic rings. The second kappa shape index (κ2) is 8.39. The van der Waals surface area contributed by atoms with Crippen LogP contribution in [-0.2, 0) is 0 Å². The molecule has 2 heterocycles. The Hall–Kier alpha value is -2.01. The Bertz CT molecular complexity index is 656. The standard InChI is InChI=1S/C20H27N3O2/c1-15-6-7-16(14-24)13-23(15)20(25)19-5-3-2-4-18(19)17-8-9-21-10-11-22-12-17/h2-5,10-11,15-17,24H,6-9,12-14H2,1H3. The lowest BCUT2D eigenvalue weighted by molar-refractivity contribution is 0.0487. The maximum atomic E-state index is 13.3. The monoisotopic (exact) mass is 341 g/mol. The molecule has 2 aliphatic heterocycles. The molecule has 25 heavy (non-hydrogen) atoms. The molecule has 134 valence electrons. The third-order valence-electron chi connectivity index (χ3n) is 5.34. The van der Waals surface area contributed by atoms with E-state index in [1.807, 2.05) is 23.1 Å². The fraction of sp³-hybridized carbons (Fsp3) is 0.550. The van der Waals surface area contributed by atoms with Gasteiger partial charge in [0.15, 0.2) is 0 Å². The number of hydrogen-bond acceptors (Lipinski definition) is 4. The number of carbonyl (C=O) groups excluding carboxylic acids is 1. The first-order chi connectivity index (χ1) is 12.2. The largest absolute Gasteiger partial charge is 0.396 e. The highest BCUT2D eigenvalue weighted by atomic mass is 16.3. The average molecular weight is 341 g/mol. The quantitative estimate of drug-likeness (QED) is 0.918. The van der Waals surface area contributed by atoms with Gasteiger partial charge in [-0.25, -0.2) is 0 Å². The van der Waals surface area contributed by atoms with Crippen molar-refractivity contribution in [1.29, 1.82) is 0 Å². The van der Waals surface area contributed by atoms with Crippen LogP contribution in [0.2, 0.25) is 0 Å². The van der Waals surface area contributed by atoms with Gasteiger partial charge in [-0.15, -0.1) is 0 Å². The summed E-state index contributed by atoms with van der Waals surface area (Å²) in [7, 11) is 0. The van der Waals surface area contributed by atoms with Gasteiger partial charge in [0.25, 0.3) is 5.91 Å². The van der Waals surface area contributed by atoms with Crippen molar-refractivity contribution in [2.45, 2.75) is 38.1 Å². The Labute approximate surface area is 149 Å². The predicted octanol–water partition coefficient (Wildman–Crippen LogP) is 2.55. The van der Waals surface area contributed by atoms with Crippen molar-refractivity contribution in [1.82, 2.24) is 4.90 Å². The molecule has 0 spiro atoms. The summed E-state index contributed by atoms with van der Waals surface area (Å²) in [6, 6.07) is 8.12. The van der Waals surface area contributed by atoms with E-state index in [2.05, 4.69) is 23.0 Å². The minimum atomic E-state index is 0.0794. The lowest BCUT2D eigenvalue weighted by Crippen LogP contribution is -2.46. The molecule has 5 heteroatoms. The minimum Gasteiger partial charge on any atom is -0.396 e. The molecule has 1 aromatic carbocycles. The number of piperidine rings is 1. The summed E-state index contributed by atoms with van der Waals surface area (Å²) in [4.78, 5) is 23.9. The van der Waals surface area contributed by atoms with Gasteiger partial charge in [0.2, 0.25) is 0 Å². The molecule has 5 nitrogen and oxygen atoms in total. The number of aliphatic imine (C=N–C) groups is 2. The van der Waals surface area contributed by atoms with E-state index in [1.54, 1.807) is 12.4 Å². The summed E-state index contributed by atoms with van der Waals surface area (Å²) in [6.07, 6.45) is 6.32. The summed E-state index contributed by atoms with van der Waals surface area (Å²) >= 11 is 0. The summed E-state index contributed by atoms with van der Waals surface area (Å²) in [5.41, 5.74) is 1.85. The van der Waals surface area contributed by atoms with Crippen LogP contribution in [0.15, 0.2) is 34.3 Å². The van der Waals surface area contributed by atoms with E-state index >= 15 is 0 Å². The maximum absolute atomic E-state index is 13.3. The van der Waals surface area contributed by atoms with Crippen LogP contribution in [0.4, 0.5) is 0 Å². The molecular weight excluding hydrogens is 314 g/mol. The van der Waals surface area contributed by atoms with Crippen LogP contribution in [-0.4, -0.2) is 60.6 Å². The molecule has 0 aromatic heterocycles. The molecule has 3 rings (SSSR count). The van der Waals surface area contributed by atoms with E-state index in [9.17, 15) is 9.90 Å². The molecule has 0 saturated carbocycles. The maximum Gasteiger partial charge on any atom is 0.254 e. The highest BCUT2D eigenvalue weighted by Gasteiger charge is 2.31. The Morgan fingerprint density at radius 1 is 1.20 bits per heavy atom. The van der Waals surface area contributed by atoms with Crippen LogP contribution < -0.4 is 0 Å². The summed E-state index contributed by atoms with van der Waals surface area (Å²) in [5, 5.41) is 9.50. The molecule has 1 N–H and O–H groups in total. The van der Waals surface area contributed by atoms with Crippen molar-refractivity contribution in [2.75, 3.05) is 26.2 Å². The SMILES string of the molecule is CC1CCC(CO)CN1C(=O)c1ccccc1C1CCN=CC=NC1. The third-order valence-corrected chi connectivity index (χ3v) is 5.34. The minimum absolute atomic E-state index is 0.0794. The third kappa shape index (κ3) is 4.15. The van der Waals surface area contributed by atoms with Crippen molar-refractivity contribution >= 4 is 18.3 Å². The number of carbonyl (C=O) groups is 1. The molecule has 1 aromatic rings. The number of likely N-dealkylation sites (tertiary alicyclic amines) is 1. The summed E-state index contributed by atoms with van der Waals surface area (Å²) in [5.74, 6) is 0.478. The molecule has 1 saturated heterocycles. The van der Waals surface area contributed by atoms with E-state index < -0.39 is 0 Å². The van der Waals surface area contributed by atoms with Crippen molar-refractivity contribution in [3.05, 3.63) is 35.4 Å². The van der Waals surface area contributed by atoms with Gasteiger partial charge < -0.3 is 10.0 Å². The number of aliphatic hydroxyl groups is 1. The zero-order chi connectivity index (χ0) is 17.6. The van der Waals surface area contributed by atoms with Gasteiger partial charge in [-0.05, 0) is 43.7 Å². The van der Waals surface area contributed by atoms with Crippen LogP contribution in [0.1, 0.15) is 48.0 Å². The zero-order valence-corrected chi connectivity index (χ0v) is 14.8. The average Bonchev–Trinajstić information content (AvgIpc) is 2.61. The van der Waals surface area contributed by atoms with Gasteiger partial charge in [-0.2, -0.15) is 0 Å². The first-order valence-corrected chi connectivity index (χ1v) is 9.19. The van der Waals surface area contributed by atoms with Crippen LogP contribution in [0.5, 0.6) is 0 Å². The number of benzene rings is 1. The van der Waals surface area contributed by atoms with Gasteiger partial charge in [-0.1, -0.05) is 18.2 Å². The first kappa shape index (κ1) is 17.8. The van der Waals surface area contributed by atoms with Crippen LogP contribution in [0.25, 0.3) is 0 Å². The van der Waals surface area contributed by atoms with E-state index in [0.29, 0.717) is 13.1 Å². The van der Waals surface area contributed by atoms with Crippen molar-refractivity contribution in [2.24, 2.45) is 15.9 Å². The number of aliphatic hydroxyl groups excluding tert-OH is 1. The molecule has 3 unspecified atom stereocenters. The lowest BCUT2D eigenvalue weighted by Gasteiger charge is -2.38. The van der Waals surface area contributed by atoms with Gasteiger partial charge in [0.05, 0.1) is 0 Å². The van der Waals surface area contributed by atoms with Crippen molar-refractivity contribution in [3.63, 3.8) is 0 Å². The van der Waals surface area contributed by atoms with E-state index in [4.69, 9.17) is 0 Å². The van der Waals surface area contributed by atoms with Crippen LogP contribution in [0, 0.1) is 5.92 Å². The van der Waals surface area contributed by atoms with Gasteiger partial charge in [0.1, 0.15) is 0 Å². The topological polar surface area (TPSA) is 65.3 Å². The summed E-state index contributed by atoms with van der Waals surface area (Å²) < 4.78 is 0. The van der Waals surface area contributed by atoms with E-state index in [1.165, 1.54) is 0 Å². The van der Waals surface area contributed by atoms with Crippen LogP contribution in [0.3, 0.4) is 0 Å². The summed E-state index contributed by atoms with van der Waals surface area (Å²) in [6.45, 7) is 4.32. The fourth-order valence-electron chi connectivity index (χ4n) is 3.75. The molecular formula is C20H27N3O2. The molecule has 1 fully saturated rings. The van der Waals surface area contributed by atoms with E-state index in [0.717, 1.165) is 36.9 Å². The highest BCUT2D eigenvalue weighted by molar-refractivity contribution is 6.16. The number of amides is 1. The normalized spacial score (nSPS) is 27.0. The van der Waals surface area contributed by atoms with Crippen molar-refractivity contribution in [3.8, 4) is 0 Å². The van der Waals surface area contributed by atoms with Gasteiger partial charge in [-0.3, -0.25) is 14.8 Å². The number of rotatable bonds is 3.